The van der Waals surface area contributed by atoms with Gasteiger partial charge in [-0.05, 0) is 49.2 Å². The number of benzene rings is 2. The molecule has 0 spiro atoms. The number of ether oxygens (including phenoxy) is 2. The highest BCUT2D eigenvalue weighted by Crippen LogP contribution is 2.37. The van der Waals surface area contributed by atoms with Gasteiger partial charge in [0.25, 0.3) is 0 Å². The van der Waals surface area contributed by atoms with E-state index in [-0.39, 0.29) is 24.2 Å². The Hall–Kier alpha value is -2.67. The van der Waals surface area contributed by atoms with Gasteiger partial charge < -0.3 is 14.8 Å². The van der Waals surface area contributed by atoms with Crippen LogP contribution in [0.3, 0.4) is 0 Å². The van der Waals surface area contributed by atoms with Crippen LogP contribution in [0, 0.1) is 11.6 Å². The van der Waals surface area contributed by atoms with Crippen LogP contribution in [0.15, 0.2) is 36.4 Å². The van der Waals surface area contributed by atoms with E-state index in [1.54, 1.807) is 0 Å². The lowest BCUT2D eigenvalue weighted by atomic mass is 10.0. The highest BCUT2D eigenvalue weighted by Gasteiger charge is 2.29. The standard InChI is InChI=1S/C20H20F2N2O3/c21-14-4-5-16(15(22)11-14)23-20(25)12-24-7-1-2-17(24)13-3-6-18-19(10-13)27-9-8-26-18/h3-6,10-11,17H,1-2,7-9,12H2,(H,23,25). The maximum atomic E-state index is 13.7. The molecule has 0 radical (unpaired) electrons. The zero-order chi connectivity index (χ0) is 18.8. The molecule has 4 rings (SSSR count). The third-order valence-corrected chi connectivity index (χ3v) is 4.87. The highest BCUT2D eigenvalue weighted by molar-refractivity contribution is 5.92. The second-order valence-electron chi connectivity index (χ2n) is 6.70. The third kappa shape index (κ3) is 3.88. The summed E-state index contributed by atoms with van der Waals surface area (Å²) >= 11 is 0. The van der Waals surface area contributed by atoms with Crippen molar-refractivity contribution in [3.8, 4) is 11.5 Å². The second kappa shape index (κ2) is 7.52. The normalized spacial score (nSPS) is 19.1. The first-order chi connectivity index (χ1) is 13.1. The molecule has 27 heavy (non-hydrogen) atoms. The topological polar surface area (TPSA) is 50.8 Å². The Morgan fingerprint density at radius 2 is 1.93 bits per heavy atom. The van der Waals surface area contributed by atoms with Crippen LogP contribution in [-0.2, 0) is 4.79 Å². The number of halogens is 2. The summed E-state index contributed by atoms with van der Waals surface area (Å²) in [5.74, 6) is -0.329. The first-order valence-electron chi connectivity index (χ1n) is 8.98. The molecule has 1 N–H and O–H groups in total. The third-order valence-electron chi connectivity index (χ3n) is 4.87. The smallest absolute Gasteiger partial charge is 0.238 e. The molecule has 5 nitrogen and oxygen atoms in total. The number of hydrogen-bond acceptors (Lipinski definition) is 4. The molecule has 1 amide bonds. The van der Waals surface area contributed by atoms with Crippen molar-refractivity contribution in [2.45, 2.75) is 18.9 Å². The van der Waals surface area contributed by atoms with Gasteiger partial charge in [0, 0.05) is 12.1 Å². The van der Waals surface area contributed by atoms with Crippen molar-refractivity contribution in [2.75, 3.05) is 31.6 Å². The van der Waals surface area contributed by atoms with Gasteiger partial charge in [-0.3, -0.25) is 9.69 Å². The molecule has 2 aliphatic heterocycles. The highest BCUT2D eigenvalue weighted by atomic mass is 19.1. The molecule has 142 valence electrons. The van der Waals surface area contributed by atoms with E-state index in [2.05, 4.69) is 10.2 Å². The fourth-order valence-corrected chi connectivity index (χ4v) is 3.63. The minimum absolute atomic E-state index is 0.0172. The molecule has 2 heterocycles. The Kier molecular flexibility index (Phi) is 4.94. The minimum atomic E-state index is -0.784. The van der Waals surface area contributed by atoms with Crippen LogP contribution in [0.5, 0.6) is 11.5 Å². The van der Waals surface area contributed by atoms with Gasteiger partial charge in [-0.15, -0.1) is 0 Å². The van der Waals surface area contributed by atoms with Crippen LogP contribution in [0.2, 0.25) is 0 Å². The number of hydrogen-bond donors (Lipinski definition) is 1. The Bertz CT molecular complexity index is 859. The summed E-state index contributed by atoms with van der Waals surface area (Å²) in [5.41, 5.74) is 1.05. The fourth-order valence-electron chi connectivity index (χ4n) is 3.63. The van der Waals surface area contributed by atoms with Crippen molar-refractivity contribution < 1.29 is 23.0 Å². The largest absolute Gasteiger partial charge is 0.486 e. The van der Waals surface area contributed by atoms with Crippen molar-refractivity contribution >= 4 is 11.6 Å². The van der Waals surface area contributed by atoms with Crippen LogP contribution in [0.4, 0.5) is 14.5 Å². The van der Waals surface area contributed by atoms with Crippen molar-refractivity contribution in [1.82, 2.24) is 4.90 Å². The Morgan fingerprint density at radius 3 is 2.74 bits per heavy atom. The van der Waals surface area contributed by atoms with Crippen molar-refractivity contribution in [3.63, 3.8) is 0 Å². The average molecular weight is 374 g/mol. The van der Waals surface area contributed by atoms with Gasteiger partial charge in [-0.25, -0.2) is 8.78 Å². The summed E-state index contributed by atoms with van der Waals surface area (Å²) in [4.78, 5) is 14.4. The Balaban J connectivity index is 1.44. The summed E-state index contributed by atoms with van der Waals surface area (Å²) in [6, 6.07) is 9.04. The van der Waals surface area contributed by atoms with Gasteiger partial charge in [0.05, 0.1) is 12.2 Å². The Labute approximate surface area is 155 Å². The van der Waals surface area contributed by atoms with Crippen molar-refractivity contribution in [2.24, 2.45) is 0 Å². The predicted octanol–water partition coefficient (Wildman–Crippen LogP) is 3.51. The Morgan fingerprint density at radius 1 is 1.11 bits per heavy atom. The van der Waals surface area contributed by atoms with Gasteiger partial charge >= 0.3 is 0 Å². The van der Waals surface area contributed by atoms with Gasteiger partial charge in [-0.2, -0.15) is 0 Å². The van der Waals surface area contributed by atoms with E-state index < -0.39 is 11.6 Å². The molecule has 0 aromatic heterocycles. The van der Waals surface area contributed by atoms with E-state index in [0.717, 1.165) is 48.6 Å². The van der Waals surface area contributed by atoms with Gasteiger partial charge in [0.1, 0.15) is 24.8 Å². The lowest BCUT2D eigenvalue weighted by molar-refractivity contribution is -0.117. The summed E-state index contributed by atoms with van der Waals surface area (Å²) in [6.45, 7) is 1.98. The molecule has 0 aliphatic carbocycles. The number of nitrogens with one attached hydrogen (secondary N) is 1. The van der Waals surface area contributed by atoms with Crippen LogP contribution in [-0.4, -0.2) is 37.1 Å². The van der Waals surface area contributed by atoms with E-state index in [1.807, 2.05) is 18.2 Å². The molecule has 7 heteroatoms. The summed E-state index contributed by atoms with van der Waals surface area (Å²) in [6.07, 6.45) is 1.90. The van der Waals surface area contributed by atoms with Crippen LogP contribution in [0.1, 0.15) is 24.4 Å². The van der Waals surface area contributed by atoms with Crippen molar-refractivity contribution in [3.05, 3.63) is 53.6 Å². The molecule has 1 fully saturated rings. The van der Waals surface area contributed by atoms with E-state index in [9.17, 15) is 13.6 Å². The summed E-state index contributed by atoms with van der Waals surface area (Å²) in [5, 5.41) is 2.52. The number of amides is 1. The maximum Gasteiger partial charge on any atom is 0.238 e. The number of carbonyl (C=O) groups is 1. The van der Waals surface area contributed by atoms with Gasteiger partial charge in [0.2, 0.25) is 5.91 Å². The van der Waals surface area contributed by atoms with E-state index in [4.69, 9.17) is 9.47 Å². The molecule has 2 aromatic rings. The zero-order valence-electron chi connectivity index (χ0n) is 14.7. The zero-order valence-corrected chi connectivity index (χ0v) is 14.7. The number of carbonyl (C=O) groups excluding carboxylic acids is 1. The van der Waals surface area contributed by atoms with Gasteiger partial charge in [0.15, 0.2) is 11.5 Å². The first kappa shape index (κ1) is 17.7. The molecular formula is C20H20F2N2O3. The van der Waals surface area contributed by atoms with Crippen LogP contribution < -0.4 is 14.8 Å². The minimum Gasteiger partial charge on any atom is -0.486 e. The SMILES string of the molecule is O=C(CN1CCCC1c1ccc2c(c1)OCCO2)Nc1ccc(F)cc1F. The molecule has 1 unspecified atom stereocenters. The fraction of sp³-hybridized carbons (Fsp3) is 0.350. The first-order valence-corrected chi connectivity index (χ1v) is 8.98. The number of nitrogens with zero attached hydrogens (tertiary/aromatic N) is 1. The summed E-state index contributed by atoms with van der Waals surface area (Å²) < 4.78 is 37.9. The number of rotatable bonds is 4. The molecule has 2 aliphatic rings. The molecule has 1 atom stereocenters. The van der Waals surface area contributed by atoms with Crippen LogP contribution in [0.25, 0.3) is 0 Å². The lowest BCUT2D eigenvalue weighted by Crippen LogP contribution is -2.33. The van der Waals surface area contributed by atoms with Gasteiger partial charge in [-0.1, -0.05) is 6.07 Å². The van der Waals surface area contributed by atoms with E-state index >= 15 is 0 Å². The summed E-state index contributed by atoms with van der Waals surface area (Å²) in [7, 11) is 0. The average Bonchev–Trinajstić information content (AvgIpc) is 3.11. The molecule has 0 bridgehead atoms. The molecule has 1 saturated heterocycles. The second-order valence-corrected chi connectivity index (χ2v) is 6.70. The number of fused-ring (bicyclic) bond motifs is 1. The maximum absolute atomic E-state index is 13.7. The number of anilines is 1. The monoisotopic (exact) mass is 374 g/mol. The van der Waals surface area contributed by atoms with E-state index in [1.165, 1.54) is 6.07 Å². The van der Waals surface area contributed by atoms with Crippen LogP contribution >= 0.6 is 0 Å². The molecule has 0 saturated carbocycles. The van der Waals surface area contributed by atoms with Crippen molar-refractivity contribution in [1.29, 1.82) is 0 Å². The quantitative estimate of drug-likeness (QED) is 0.890. The number of likely N-dealkylation sites (tertiary alicyclic amines) is 1. The lowest BCUT2D eigenvalue weighted by Gasteiger charge is -2.26. The predicted molar refractivity (Wildman–Crippen MR) is 96.0 cm³/mol. The molecular weight excluding hydrogens is 354 g/mol. The van der Waals surface area contributed by atoms with E-state index in [0.29, 0.717) is 13.2 Å². The molecule has 2 aromatic carbocycles.